The Labute approximate surface area is 325 Å². The van der Waals surface area contributed by atoms with Crippen LogP contribution in [0.5, 0.6) is 0 Å². The normalized spacial score (nSPS) is 15.0. The van der Waals surface area contributed by atoms with Crippen LogP contribution in [0.3, 0.4) is 0 Å². The van der Waals surface area contributed by atoms with E-state index in [1.165, 1.54) is 12.2 Å². The second-order valence-electron chi connectivity index (χ2n) is 13.1. The quantitative estimate of drug-likeness (QED) is 0.0541. The van der Waals surface area contributed by atoms with Crippen LogP contribution in [0.25, 0.3) is 11.4 Å². The zero-order valence-electron chi connectivity index (χ0n) is 31.5. The zero-order valence-corrected chi connectivity index (χ0v) is 31.5. The summed E-state index contributed by atoms with van der Waals surface area (Å²) in [5.41, 5.74) is 9.69. The number of nitrogens with zero attached hydrogens (tertiary/aromatic N) is 3. The lowest BCUT2D eigenvalue weighted by Gasteiger charge is -2.32. The molecular formula is C40H51N5O11. The number of carboxylic acids is 1. The molecule has 0 aliphatic carbocycles. The van der Waals surface area contributed by atoms with E-state index in [1.54, 1.807) is 29.2 Å². The van der Waals surface area contributed by atoms with Gasteiger partial charge < -0.3 is 34.7 Å². The molecule has 0 saturated carbocycles. The molecule has 2 aromatic carbocycles. The van der Waals surface area contributed by atoms with E-state index in [1.807, 2.05) is 24.3 Å². The standard InChI is InChI=1S/C40H51N5O11/c41-39-32-10-2-1-7-29(32)27-44(34-12-4-3-11-33(34)40(39)45(42)28-38(51)52)35(48)13-5-8-31(47)17-20-54-22-24-56-26-25-55-23-21-53-19-6-9-30(46)16-18-43-36(49)14-15-37(43)50/h1-4,7,10-12,14-15H,5-6,8-9,13,16-28,41-42H2,(H,51,52)/b40-39-. The minimum Gasteiger partial charge on any atom is -0.480 e. The number of amides is 3. The summed E-state index contributed by atoms with van der Waals surface area (Å²) >= 11 is 0. The van der Waals surface area contributed by atoms with Crippen molar-refractivity contribution in [3.63, 3.8) is 0 Å². The molecular weight excluding hydrogens is 726 g/mol. The summed E-state index contributed by atoms with van der Waals surface area (Å²) in [4.78, 5) is 75.5. The van der Waals surface area contributed by atoms with Gasteiger partial charge in [0.05, 0.1) is 69.9 Å². The number of imide groups is 1. The molecule has 0 fully saturated rings. The Morgan fingerprint density at radius 2 is 1.23 bits per heavy atom. The molecule has 5 N–H and O–H groups in total. The monoisotopic (exact) mass is 777 g/mol. The van der Waals surface area contributed by atoms with Crippen molar-refractivity contribution in [2.24, 2.45) is 11.6 Å². The first-order valence-corrected chi connectivity index (χ1v) is 18.7. The topological polar surface area (TPSA) is 221 Å². The minimum absolute atomic E-state index is 0.0181. The molecule has 0 bridgehead atoms. The summed E-state index contributed by atoms with van der Waals surface area (Å²) in [6.07, 6.45) is 4.29. The maximum absolute atomic E-state index is 13.7. The first-order valence-electron chi connectivity index (χ1n) is 18.7. The number of carbonyl (C=O) groups is 6. The molecule has 0 radical (unpaired) electrons. The van der Waals surface area contributed by atoms with Crippen molar-refractivity contribution in [1.82, 2.24) is 9.91 Å². The van der Waals surface area contributed by atoms with Gasteiger partial charge >= 0.3 is 5.97 Å². The third-order valence-electron chi connectivity index (χ3n) is 8.98. The Hall–Kier alpha value is -5.26. The summed E-state index contributed by atoms with van der Waals surface area (Å²) < 4.78 is 22.0. The van der Waals surface area contributed by atoms with E-state index in [0.29, 0.717) is 93.7 Å². The van der Waals surface area contributed by atoms with Gasteiger partial charge in [0.2, 0.25) is 5.91 Å². The summed E-state index contributed by atoms with van der Waals surface area (Å²) in [5, 5.41) is 10.5. The summed E-state index contributed by atoms with van der Waals surface area (Å²) in [6, 6.07) is 14.4. The number of ether oxygens (including phenoxy) is 4. The fourth-order valence-electron chi connectivity index (χ4n) is 6.14. The molecule has 2 aromatic rings. The van der Waals surface area contributed by atoms with Crippen molar-refractivity contribution >= 4 is 52.3 Å². The second kappa shape index (κ2) is 23.0. The van der Waals surface area contributed by atoms with Gasteiger partial charge in [-0.1, -0.05) is 42.5 Å². The number of carbonyl (C=O) groups excluding carboxylic acids is 5. The Bertz CT molecular complexity index is 1740. The summed E-state index contributed by atoms with van der Waals surface area (Å²) in [7, 11) is 0. The van der Waals surface area contributed by atoms with Crippen molar-refractivity contribution in [2.75, 3.05) is 70.8 Å². The lowest BCUT2D eigenvalue weighted by atomic mass is 9.95. The highest BCUT2D eigenvalue weighted by Crippen LogP contribution is 2.37. The van der Waals surface area contributed by atoms with Crippen molar-refractivity contribution < 1.29 is 52.8 Å². The van der Waals surface area contributed by atoms with E-state index in [9.17, 15) is 33.9 Å². The number of fused-ring (bicyclic) bond motifs is 2. The van der Waals surface area contributed by atoms with Crippen LogP contribution in [0.2, 0.25) is 0 Å². The van der Waals surface area contributed by atoms with Crippen LogP contribution in [-0.4, -0.2) is 116 Å². The Morgan fingerprint density at radius 3 is 1.89 bits per heavy atom. The van der Waals surface area contributed by atoms with Crippen LogP contribution in [0.15, 0.2) is 60.7 Å². The minimum atomic E-state index is -1.13. The number of Topliss-reactive ketones (excluding diaryl/α,β-unsaturated/α-hetero) is 2. The highest BCUT2D eigenvalue weighted by Gasteiger charge is 2.29. The first kappa shape index (κ1) is 43.5. The molecule has 4 rings (SSSR count). The first-order chi connectivity index (χ1) is 27.1. The second-order valence-corrected chi connectivity index (χ2v) is 13.1. The number of carboxylic acid groups (broad SMARTS) is 1. The molecule has 302 valence electrons. The van der Waals surface area contributed by atoms with Gasteiger partial charge in [0, 0.05) is 68.5 Å². The number of rotatable bonds is 26. The van der Waals surface area contributed by atoms with Gasteiger partial charge in [-0.3, -0.25) is 38.7 Å². The van der Waals surface area contributed by atoms with Crippen LogP contribution in [0.4, 0.5) is 5.69 Å². The van der Waals surface area contributed by atoms with Gasteiger partial charge in [0.1, 0.15) is 18.1 Å². The maximum atomic E-state index is 13.7. The molecule has 0 unspecified atom stereocenters. The number of benzene rings is 2. The fraction of sp³-hybridized carbons (Fsp3) is 0.450. The highest BCUT2D eigenvalue weighted by molar-refractivity contribution is 6.13. The van der Waals surface area contributed by atoms with Crippen LogP contribution in [0.1, 0.15) is 61.6 Å². The van der Waals surface area contributed by atoms with Crippen LogP contribution >= 0.6 is 0 Å². The van der Waals surface area contributed by atoms with Gasteiger partial charge in [-0.15, -0.1) is 0 Å². The maximum Gasteiger partial charge on any atom is 0.324 e. The van der Waals surface area contributed by atoms with Crippen LogP contribution in [-0.2, 0) is 54.3 Å². The molecule has 16 heteroatoms. The molecule has 56 heavy (non-hydrogen) atoms. The average molecular weight is 778 g/mol. The predicted octanol–water partition coefficient (Wildman–Crippen LogP) is 2.44. The lowest BCUT2D eigenvalue weighted by molar-refractivity contribution is -0.138. The van der Waals surface area contributed by atoms with E-state index in [4.69, 9.17) is 30.5 Å². The van der Waals surface area contributed by atoms with Crippen molar-refractivity contribution in [3.8, 4) is 0 Å². The SMILES string of the molecule is N/C1=C(\N(N)CC(=O)O)c2ccccc2N(C(=O)CCCC(=O)CCOCCOCCOCCOCCCC(=O)CCN2C(=O)C=CC2=O)Cc2ccccc21. The number of aliphatic carboxylic acids is 1. The van der Waals surface area contributed by atoms with Gasteiger partial charge in [0.25, 0.3) is 11.8 Å². The Morgan fingerprint density at radius 1 is 0.679 bits per heavy atom. The molecule has 0 spiro atoms. The summed E-state index contributed by atoms with van der Waals surface area (Å²) in [5.74, 6) is 4.08. The van der Waals surface area contributed by atoms with Gasteiger partial charge in [0.15, 0.2) is 0 Å². The van der Waals surface area contributed by atoms with E-state index in [2.05, 4.69) is 0 Å². The third kappa shape index (κ3) is 13.5. The predicted molar refractivity (Wildman–Crippen MR) is 205 cm³/mol. The fourth-order valence-corrected chi connectivity index (χ4v) is 6.14. The van der Waals surface area contributed by atoms with Crippen molar-refractivity contribution in [2.45, 2.75) is 51.5 Å². The number of hydrazine groups is 1. The molecule has 2 aliphatic heterocycles. The lowest BCUT2D eigenvalue weighted by Crippen LogP contribution is -2.38. The molecule has 2 heterocycles. The van der Waals surface area contributed by atoms with E-state index < -0.39 is 12.5 Å². The Balaban J connectivity index is 1.04. The van der Waals surface area contributed by atoms with Crippen LogP contribution in [0, 0.1) is 0 Å². The molecule has 2 aliphatic rings. The van der Waals surface area contributed by atoms with Gasteiger partial charge in [-0.05, 0) is 24.5 Å². The van der Waals surface area contributed by atoms with E-state index >= 15 is 0 Å². The molecule has 3 amide bonds. The highest BCUT2D eigenvalue weighted by atomic mass is 16.6. The smallest absolute Gasteiger partial charge is 0.324 e. The number of para-hydroxylation sites is 1. The number of hydrogen-bond donors (Lipinski definition) is 3. The number of hydrogen-bond acceptors (Lipinski definition) is 13. The van der Waals surface area contributed by atoms with Crippen LogP contribution < -0.4 is 16.5 Å². The molecule has 0 aromatic heterocycles. The number of ketones is 2. The largest absolute Gasteiger partial charge is 0.480 e. The van der Waals surface area contributed by atoms with Crippen molar-refractivity contribution in [1.29, 1.82) is 0 Å². The van der Waals surface area contributed by atoms with E-state index in [-0.39, 0.29) is 74.7 Å². The summed E-state index contributed by atoms with van der Waals surface area (Å²) in [6.45, 7) is 2.62. The van der Waals surface area contributed by atoms with Crippen molar-refractivity contribution in [3.05, 3.63) is 77.4 Å². The molecule has 0 saturated heterocycles. The Kier molecular flexibility index (Phi) is 17.8. The number of nitrogens with two attached hydrogens (primary N) is 2. The van der Waals surface area contributed by atoms with Gasteiger partial charge in [-0.2, -0.15) is 0 Å². The molecule has 16 nitrogen and oxygen atoms in total. The van der Waals surface area contributed by atoms with Gasteiger partial charge in [-0.25, -0.2) is 5.84 Å². The molecule has 0 atom stereocenters. The third-order valence-corrected chi connectivity index (χ3v) is 8.98. The average Bonchev–Trinajstić information content (AvgIpc) is 3.49. The number of anilines is 1. The zero-order chi connectivity index (χ0) is 40.3. The van der Waals surface area contributed by atoms with E-state index in [0.717, 1.165) is 15.5 Å².